The number of phenols is 1. The van der Waals surface area contributed by atoms with Crippen molar-refractivity contribution in [2.24, 2.45) is 0 Å². The van der Waals surface area contributed by atoms with Gasteiger partial charge in [0, 0.05) is 49.4 Å². The van der Waals surface area contributed by atoms with Crippen molar-refractivity contribution in [3.05, 3.63) is 177 Å². The number of para-hydroxylation sites is 3. The van der Waals surface area contributed by atoms with Crippen LogP contribution in [0.5, 0.6) is 5.75 Å². The van der Waals surface area contributed by atoms with Crippen molar-refractivity contribution in [2.75, 3.05) is 4.90 Å². The van der Waals surface area contributed by atoms with Crippen LogP contribution >= 0.6 is 0 Å². The lowest BCUT2D eigenvalue weighted by atomic mass is 9.89. The molecule has 9 heteroatoms. The van der Waals surface area contributed by atoms with Crippen LogP contribution in [0.15, 0.2) is 144 Å². The van der Waals surface area contributed by atoms with E-state index in [1.165, 1.54) is 4.57 Å². The Bertz CT molecular complexity index is 3300. The maximum absolute atomic E-state index is 14.6. The van der Waals surface area contributed by atoms with Crippen LogP contribution in [-0.2, 0) is 0 Å². The normalized spacial score (nSPS) is 13.3. The summed E-state index contributed by atoms with van der Waals surface area (Å²) < 4.78 is 3.25. The fourth-order valence-electron chi connectivity index (χ4n) is 8.54. The van der Waals surface area contributed by atoms with E-state index in [1.807, 2.05) is 71.3 Å². The maximum Gasteiger partial charge on any atom is 0.265 e. The first-order valence-electron chi connectivity index (χ1n) is 18.0. The summed E-state index contributed by atoms with van der Waals surface area (Å²) in [5.41, 5.74) is 5.83. The number of imidazole rings is 1. The van der Waals surface area contributed by atoms with Gasteiger partial charge < -0.3 is 5.11 Å². The van der Waals surface area contributed by atoms with Crippen molar-refractivity contribution in [1.82, 2.24) is 14.1 Å². The van der Waals surface area contributed by atoms with Gasteiger partial charge in [0.2, 0.25) is 0 Å². The molecule has 0 fully saturated rings. The fourth-order valence-corrected chi connectivity index (χ4v) is 8.54. The highest BCUT2D eigenvalue weighted by atomic mass is 16.3. The number of benzene rings is 7. The molecule has 264 valence electrons. The molecule has 1 N–H and O–H groups in total. The second-order valence-electron chi connectivity index (χ2n) is 14.0. The Labute approximate surface area is 317 Å². The zero-order chi connectivity index (χ0) is 38.0. The van der Waals surface area contributed by atoms with E-state index in [1.54, 1.807) is 72.8 Å². The Hall–Kier alpha value is -7.91. The van der Waals surface area contributed by atoms with E-state index in [0.29, 0.717) is 38.8 Å². The molecular formula is C47H26N4O5. The van der Waals surface area contributed by atoms with Crippen LogP contribution in [0.3, 0.4) is 0 Å². The lowest BCUT2D eigenvalue weighted by molar-refractivity contribution is 0.0892. The van der Waals surface area contributed by atoms with Crippen molar-refractivity contribution in [3.63, 3.8) is 0 Å². The number of fused-ring (bicyclic) bond motifs is 4. The molecule has 1 aliphatic carbocycles. The van der Waals surface area contributed by atoms with E-state index < -0.39 is 17.4 Å². The van der Waals surface area contributed by atoms with E-state index >= 15 is 0 Å². The van der Waals surface area contributed by atoms with Gasteiger partial charge in [0.1, 0.15) is 5.82 Å². The van der Waals surface area contributed by atoms with Gasteiger partial charge in [-0.1, -0.05) is 91.5 Å². The number of rotatable bonds is 4. The van der Waals surface area contributed by atoms with Gasteiger partial charge in [0.25, 0.3) is 17.4 Å². The van der Waals surface area contributed by atoms with Crippen molar-refractivity contribution in [3.8, 4) is 39.6 Å². The summed E-state index contributed by atoms with van der Waals surface area (Å²) in [6.45, 7) is 4.32. The predicted molar refractivity (Wildman–Crippen MR) is 216 cm³/mol. The molecule has 3 heterocycles. The Morgan fingerprint density at radius 1 is 0.536 bits per heavy atom. The summed E-state index contributed by atoms with van der Waals surface area (Å²) in [5, 5.41) is 14.0. The minimum absolute atomic E-state index is 0.159. The van der Waals surface area contributed by atoms with Gasteiger partial charge in [-0.2, -0.15) is 0 Å². The van der Waals surface area contributed by atoms with E-state index in [2.05, 4.69) is 6.58 Å². The third-order valence-corrected chi connectivity index (χ3v) is 11.1. The number of phenolic OH excluding ortho intramolecular Hbond substituents is 1. The third kappa shape index (κ3) is 4.10. The zero-order valence-corrected chi connectivity index (χ0v) is 29.4. The molecule has 9 nitrogen and oxygen atoms in total. The number of aromatic nitrogens is 3. The minimum atomic E-state index is -0.568. The summed E-state index contributed by atoms with van der Waals surface area (Å²) in [7, 11) is 0. The average Bonchev–Trinajstić information content (AvgIpc) is 3.75. The summed E-state index contributed by atoms with van der Waals surface area (Å²) >= 11 is 0. The highest BCUT2D eigenvalue weighted by molar-refractivity contribution is 6.38. The molecule has 0 spiro atoms. The second-order valence-corrected chi connectivity index (χ2v) is 14.0. The molecule has 9 aromatic rings. The van der Waals surface area contributed by atoms with Gasteiger partial charge in [0.05, 0.1) is 33.4 Å². The lowest BCUT2D eigenvalue weighted by Gasteiger charge is -2.28. The van der Waals surface area contributed by atoms with Crippen LogP contribution in [0.4, 0.5) is 5.69 Å². The summed E-state index contributed by atoms with van der Waals surface area (Å²) in [6.07, 6.45) is 0. The number of ketones is 1. The molecule has 0 radical (unpaired) electrons. The number of hydrogen-bond donors (Lipinski definition) is 1. The van der Waals surface area contributed by atoms with E-state index in [9.17, 15) is 24.3 Å². The van der Waals surface area contributed by atoms with E-state index in [4.69, 9.17) is 4.98 Å². The highest BCUT2D eigenvalue weighted by Gasteiger charge is 2.37. The Morgan fingerprint density at radius 3 is 1.93 bits per heavy atom. The van der Waals surface area contributed by atoms with Crippen LogP contribution < -0.4 is 15.8 Å². The Kier molecular flexibility index (Phi) is 6.38. The quantitative estimate of drug-likeness (QED) is 0.184. The number of pyridine rings is 1. The largest absolute Gasteiger partial charge is 0.504 e. The molecule has 0 saturated heterocycles. The standard InChI is InChI=1S/C47H26N4O5/c1-25-28-20-21-33-41-34(47(56)50(46(33)55)27-18-19-30-29-12-5-6-13-31(29)42(52)35(30)24-27)23-22-32(40(28)41)45(54)49(25)38-16-9-17-39(43(38)53)51-37-15-8-7-14-36(37)48-44(51)26-10-3-2-4-11-26/h2-24,53H,1H2. The Balaban J connectivity index is 1.07. The average molecular weight is 727 g/mol. The summed E-state index contributed by atoms with van der Waals surface area (Å²) in [4.78, 5) is 62.5. The van der Waals surface area contributed by atoms with Crippen molar-refractivity contribution in [2.45, 2.75) is 0 Å². The van der Waals surface area contributed by atoms with E-state index in [0.717, 1.165) is 32.6 Å². The van der Waals surface area contributed by atoms with Crippen molar-refractivity contribution >= 4 is 62.4 Å². The van der Waals surface area contributed by atoms with Crippen molar-refractivity contribution in [1.29, 1.82) is 0 Å². The van der Waals surface area contributed by atoms with Crippen LogP contribution in [0.25, 0.3) is 73.0 Å². The molecule has 0 saturated carbocycles. The number of amides is 2. The summed E-state index contributed by atoms with van der Waals surface area (Å²) in [6, 6.07) is 41.4. The molecule has 0 bridgehead atoms. The minimum Gasteiger partial charge on any atom is -0.504 e. The number of nitrogens with zero attached hydrogens (tertiary/aromatic N) is 4. The highest BCUT2D eigenvalue weighted by Crippen LogP contribution is 2.42. The van der Waals surface area contributed by atoms with Crippen molar-refractivity contribution < 1.29 is 19.5 Å². The molecule has 2 amide bonds. The first-order valence-corrected chi connectivity index (χ1v) is 18.0. The van der Waals surface area contributed by atoms with E-state index in [-0.39, 0.29) is 44.8 Å². The first-order chi connectivity index (χ1) is 27.3. The van der Waals surface area contributed by atoms with Gasteiger partial charge in [-0.15, -0.1) is 0 Å². The zero-order valence-electron chi connectivity index (χ0n) is 29.4. The third-order valence-electron chi connectivity index (χ3n) is 11.1. The topological polar surface area (TPSA) is 114 Å². The molecule has 2 aliphatic rings. The van der Waals surface area contributed by atoms with Gasteiger partial charge >= 0.3 is 0 Å². The molecule has 56 heavy (non-hydrogen) atoms. The molecule has 7 aromatic carbocycles. The molecule has 0 atom stereocenters. The van der Waals surface area contributed by atoms with Crippen LogP contribution in [0, 0.1) is 0 Å². The number of anilines is 1. The molecular weight excluding hydrogens is 701 g/mol. The number of carbonyl (C=O) groups excluding carboxylic acids is 3. The van der Waals surface area contributed by atoms with Gasteiger partial charge in [-0.05, 0) is 65.7 Å². The monoisotopic (exact) mass is 726 g/mol. The fraction of sp³-hybridized carbons (Fsp3) is 0. The summed E-state index contributed by atoms with van der Waals surface area (Å²) in [5.74, 6) is -0.842. The number of aromatic hydroxyl groups is 1. The first kappa shape index (κ1) is 31.6. The molecule has 1 aliphatic heterocycles. The van der Waals surface area contributed by atoms with Crippen LogP contribution in [0.1, 0.15) is 36.6 Å². The Morgan fingerprint density at radius 2 is 1.16 bits per heavy atom. The maximum atomic E-state index is 14.6. The number of hydrogen-bond acceptors (Lipinski definition) is 6. The SMILES string of the molecule is C=c1c2ccc3c4c(ccc(c(=O)n1-c1cccc(-n5c(-c6ccccc6)nc6ccccc65)c1O)c42)C(=O)N(c1ccc2c(c1)C(=O)c1ccccc1-2)C3=O. The smallest absolute Gasteiger partial charge is 0.265 e. The molecule has 11 rings (SSSR count). The van der Waals surface area contributed by atoms with Gasteiger partial charge in [-0.25, -0.2) is 9.88 Å². The van der Waals surface area contributed by atoms with Crippen LogP contribution in [-0.4, -0.2) is 36.8 Å². The number of imide groups is 1. The number of carbonyl (C=O) groups is 3. The van der Waals surface area contributed by atoms with Gasteiger partial charge in [-0.3, -0.25) is 28.3 Å². The second kappa shape index (κ2) is 11.3. The molecule has 0 unspecified atom stereocenters. The predicted octanol–water partition coefficient (Wildman–Crippen LogP) is 8.00. The molecule has 2 aromatic heterocycles. The van der Waals surface area contributed by atoms with Gasteiger partial charge in [0.15, 0.2) is 11.5 Å². The lowest BCUT2D eigenvalue weighted by Crippen LogP contribution is -2.41. The van der Waals surface area contributed by atoms with Crippen LogP contribution in [0.2, 0.25) is 0 Å².